The molecule has 0 saturated heterocycles. The summed E-state index contributed by atoms with van der Waals surface area (Å²) in [4.78, 5) is 25.6. The number of H-pyrrole nitrogens is 1. The number of halogens is 1. The maximum atomic E-state index is 12.0. The lowest BCUT2D eigenvalue weighted by atomic mass is 10.1. The number of aliphatic hydroxyl groups excluding tert-OH is 1. The Morgan fingerprint density at radius 3 is 2.67 bits per heavy atom. The van der Waals surface area contributed by atoms with E-state index in [1.165, 1.54) is 12.3 Å². The smallest absolute Gasteiger partial charge is 0.253 e. The molecule has 0 spiro atoms. The third-order valence-electron chi connectivity index (χ3n) is 3.09. The Bertz CT molecular complexity index is 695. The van der Waals surface area contributed by atoms with Gasteiger partial charge in [-0.2, -0.15) is 0 Å². The summed E-state index contributed by atoms with van der Waals surface area (Å²) in [5.41, 5.74) is 1.36. The van der Waals surface area contributed by atoms with Crippen LogP contribution in [-0.4, -0.2) is 22.5 Å². The predicted molar refractivity (Wildman–Crippen MR) is 80.5 cm³/mol. The topological polar surface area (TPSA) is 82.2 Å². The van der Waals surface area contributed by atoms with Gasteiger partial charge in [-0.1, -0.05) is 23.7 Å². The van der Waals surface area contributed by atoms with E-state index in [9.17, 15) is 14.7 Å². The molecule has 1 amide bonds. The molecule has 1 heterocycles. The first-order valence-corrected chi connectivity index (χ1v) is 6.76. The van der Waals surface area contributed by atoms with Crippen LogP contribution in [0.2, 0.25) is 5.02 Å². The fourth-order valence-corrected chi connectivity index (χ4v) is 2.03. The van der Waals surface area contributed by atoms with E-state index in [1.54, 1.807) is 31.2 Å². The number of aromatic nitrogens is 1. The van der Waals surface area contributed by atoms with Crippen LogP contribution in [-0.2, 0) is 0 Å². The molecule has 0 aliphatic heterocycles. The van der Waals surface area contributed by atoms with Crippen molar-refractivity contribution < 1.29 is 9.90 Å². The number of carbonyl (C=O) groups excluding carboxylic acids is 1. The van der Waals surface area contributed by atoms with E-state index in [0.29, 0.717) is 21.7 Å². The van der Waals surface area contributed by atoms with Crippen molar-refractivity contribution in [1.29, 1.82) is 0 Å². The summed E-state index contributed by atoms with van der Waals surface area (Å²) < 4.78 is 0. The standard InChI is InChI=1S/C15H15ClN2O3/c1-9-6-14(20)17-7-12(9)15(21)18-8-13(19)10-2-4-11(16)5-3-10/h2-7,13,19H,8H2,1H3,(H,17,20)(H,18,21). The van der Waals surface area contributed by atoms with Gasteiger partial charge in [-0.3, -0.25) is 9.59 Å². The number of carbonyl (C=O) groups is 1. The van der Waals surface area contributed by atoms with E-state index in [2.05, 4.69) is 10.3 Å². The minimum atomic E-state index is -0.825. The normalized spacial score (nSPS) is 12.0. The average Bonchev–Trinajstić information content (AvgIpc) is 2.45. The number of aromatic amines is 1. The number of benzene rings is 1. The Morgan fingerprint density at radius 2 is 2.05 bits per heavy atom. The van der Waals surface area contributed by atoms with Crippen molar-refractivity contribution in [2.24, 2.45) is 0 Å². The van der Waals surface area contributed by atoms with Crippen molar-refractivity contribution in [1.82, 2.24) is 10.3 Å². The van der Waals surface area contributed by atoms with Gasteiger partial charge < -0.3 is 15.4 Å². The lowest BCUT2D eigenvalue weighted by molar-refractivity contribution is 0.0915. The largest absolute Gasteiger partial charge is 0.387 e. The highest BCUT2D eigenvalue weighted by molar-refractivity contribution is 6.30. The Labute approximate surface area is 126 Å². The number of aliphatic hydroxyl groups is 1. The van der Waals surface area contributed by atoms with Crippen LogP contribution in [0.3, 0.4) is 0 Å². The summed E-state index contributed by atoms with van der Waals surface area (Å²) >= 11 is 5.77. The average molecular weight is 307 g/mol. The molecule has 110 valence electrons. The van der Waals surface area contributed by atoms with E-state index in [1.807, 2.05) is 0 Å². The molecule has 3 N–H and O–H groups in total. The number of hydrogen-bond acceptors (Lipinski definition) is 3. The minimum absolute atomic E-state index is 0.0685. The predicted octanol–water partition coefficient (Wildman–Crippen LogP) is 1.80. The first-order chi connectivity index (χ1) is 9.97. The van der Waals surface area contributed by atoms with Crippen LogP contribution >= 0.6 is 11.6 Å². The van der Waals surface area contributed by atoms with Crippen molar-refractivity contribution in [3.8, 4) is 0 Å². The summed E-state index contributed by atoms with van der Waals surface area (Å²) in [6.07, 6.45) is 0.538. The zero-order valence-electron chi connectivity index (χ0n) is 11.4. The van der Waals surface area contributed by atoms with Crippen LogP contribution in [0, 0.1) is 6.92 Å². The Balaban J connectivity index is 2.00. The van der Waals surface area contributed by atoms with Crippen LogP contribution in [0.1, 0.15) is 27.6 Å². The molecule has 0 radical (unpaired) electrons. The molecule has 2 rings (SSSR count). The summed E-state index contributed by atoms with van der Waals surface area (Å²) in [6.45, 7) is 1.75. The molecule has 0 aliphatic rings. The number of amides is 1. The highest BCUT2D eigenvalue weighted by atomic mass is 35.5. The zero-order valence-corrected chi connectivity index (χ0v) is 12.1. The lowest BCUT2D eigenvalue weighted by Gasteiger charge is -2.13. The molecule has 0 fully saturated rings. The second-order valence-electron chi connectivity index (χ2n) is 4.67. The molecular weight excluding hydrogens is 292 g/mol. The second-order valence-corrected chi connectivity index (χ2v) is 5.11. The van der Waals surface area contributed by atoms with Gasteiger partial charge in [0.25, 0.3) is 5.91 Å². The third-order valence-corrected chi connectivity index (χ3v) is 3.34. The number of pyridine rings is 1. The Kier molecular flexibility index (Phi) is 4.77. The van der Waals surface area contributed by atoms with Gasteiger partial charge in [0.15, 0.2) is 0 Å². The molecule has 5 nitrogen and oxygen atoms in total. The van der Waals surface area contributed by atoms with Crippen molar-refractivity contribution >= 4 is 17.5 Å². The van der Waals surface area contributed by atoms with Gasteiger partial charge in [-0.15, -0.1) is 0 Å². The Hall–Kier alpha value is -2.11. The maximum absolute atomic E-state index is 12.0. The molecule has 6 heteroatoms. The van der Waals surface area contributed by atoms with Crippen molar-refractivity contribution in [3.63, 3.8) is 0 Å². The quantitative estimate of drug-likeness (QED) is 0.805. The fourth-order valence-electron chi connectivity index (χ4n) is 1.91. The molecule has 0 aliphatic carbocycles. The van der Waals surface area contributed by atoms with Crippen LogP contribution < -0.4 is 10.9 Å². The van der Waals surface area contributed by atoms with Crippen molar-refractivity contribution in [2.45, 2.75) is 13.0 Å². The molecular formula is C15H15ClN2O3. The maximum Gasteiger partial charge on any atom is 0.253 e. The van der Waals surface area contributed by atoms with E-state index in [4.69, 9.17) is 11.6 Å². The third kappa shape index (κ3) is 3.93. The van der Waals surface area contributed by atoms with Gasteiger partial charge in [0, 0.05) is 23.8 Å². The molecule has 0 saturated carbocycles. The van der Waals surface area contributed by atoms with Gasteiger partial charge in [-0.25, -0.2) is 0 Å². The van der Waals surface area contributed by atoms with E-state index >= 15 is 0 Å². The van der Waals surface area contributed by atoms with Crippen molar-refractivity contribution in [2.75, 3.05) is 6.54 Å². The van der Waals surface area contributed by atoms with Gasteiger partial charge in [0.05, 0.1) is 11.7 Å². The molecule has 1 aromatic heterocycles. The van der Waals surface area contributed by atoms with E-state index < -0.39 is 6.10 Å². The first-order valence-electron chi connectivity index (χ1n) is 6.38. The van der Waals surface area contributed by atoms with Gasteiger partial charge >= 0.3 is 0 Å². The minimum Gasteiger partial charge on any atom is -0.387 e. The van der Waals surface area contributed by atoms with Gasteiger partial charge in [0.2, 0.25) is 5.56 Å². The summed E-state index contributed by atoms with van der Waals surface area (Å²) in [5, 5.41) is 13.2. The first kappa shape index (κ1) is 15.3. The number of rotatable bonds is 4. The van der Waals surface area contributed by atoms with Crippen LogP contribution in [0.25, 0.3) is 0 Å². The van der Waals surface area contributed by atoms with E-state index in [0.717, 1.165) is 0 Å². The zero-order chi connectivity index (χ0) is 15.4. The summed E-state index contributed by atoms with van der Waals surface area (Å²) in [5.74, 6) is -0.350. The van der Waals surface area contributed by atoms with E-state index in [-0.39, 0.29) is 18.0 Å². The van der Waals surface area contributed by atoms with Crippen LogP contribution in [0.4, 0.5) is 0 Å². The van der Waals surface area contributed by atoms with Crippen LogP contribution in [0.15, 0.2) is 41.3 Å². The van der Waals surface area contributed by atoms with Gasteiger partial charge in [-0.05, 0) is 30.2 Å². The molecule has 2 aromatic rings. The van der Waals surface area contributed by atoms with Crippen molar-refractivity contribution in [3.05, 3.63) is 68.6 Å². The van der Waals surface area contributed by atoms with Gasteiger partial charge in [0.1, 0.15) is 0 Å². The SMILES string of the molecule is Cc1cc(=O)[nH]cc1C(=O)NCC(O)c1ccc(Cl)cc1. The Morgan fingerprint density at radius 1 is 1.38 bits per heavy atom. The molecule has 1 aromatic carbocycles. The highest BCUT2D eigenvalue weighted by Gasteiger charge is 2.12. The lowest BCUT2D eigenvalue weighted by Crippen LogP contribution is -2.29. The monoisotopic (exact) mass is 306 g/mol. The highest BCUT2D eigenvalue weighted by Crippen LogP contribution is 2.16. The number of aryl methyl sites for hydroxylation is 1. The summed E-state index contributed by atoms with van der Waals surface area (Å²) in [6, 6.07) is 8.10. The molecule has 21 heavy (non-hydrogen) atoms. The fraction of sp³-hybridized carbons (Fsp3) is 0.200. The molecule has 1 unspecified atom stereocenters. The molecule has 1 atom stereocenters. The number of hydrogen-bond donors (Lipinski definition) is 3. The molecule has 0 bridgehead atoms. The summed E-state index contributed by atoms with van der Waals surface area (Å²) in [7, 11) is 0. The van der Waals surface area contributed by atoms with Crippen LogP contribution in [0.5, 0.6) is 0 Å². The second kappa shape index (κ2) is 6.56. The number of nitrogens with one attached hydrogen (secondary N) is 2.